The van der Waals surface area contributed by atoms with Crippen LogP contribution >= 0.6 is 15.9 Å². The average molecular weight is 664 g/mol. The SMILES string of the molecule is CC1(C)CCC(C)(C)c2cc3c(cc21)C1c2cc4c(cc2C3(Br)c2cc3c(cc21)C(C)(C)CCC3(C)C)C(C)(C)CCC4(C)C. The number of alkyl halides is 1. The van der Waals surface area contributed by atoms with Gasteiger partial charge in [0.2, 0.25) is 0 Å². The summed E-state index contributed by atoms with van der Waals surface area (Å²) in [5, 5.41) is 0. The second-order valence-corrected chi connectivity index (χ2v) is 21.0. The molecular formula is C44H55Br. The molecule has 0 fully saturated rings. The first-order valence-corrected chi connectivity index (χ1v) is 18.7. The van der Waals surface area contributed by atoms with Crippen molar-refractivity contribution in [3.05, 3.63) is 103 Å². The van der Waals surface area contributed by atoms with Crippen molar-refractivity contribution in [3.8, 4) is 0 Å². The summed E-state index contributed by atoms with van der Waals surface area (Å²) < 4.78 is -0.353. The lowest BCUT2D eigenvalue weighted by molar-refractivity contribution is 0.328. The predicted molar refractivity (Wildman–Crippen MR) is 195 cm³/mol. The Morgan fingerprint density at radius 2 is 0.556 bits per heavy atom. The van der Waals surface area contributed by atoms with Gasteiger partial charge in [0.25, 0.3) is 0 Å². The molecule has 0 amide bonds. The second kappa shape index (κ2) is 8.59. The van der Waals surface area contributed by atoms with Gasteiger partial charge >= 0.3 is 0 Å². The molecule has 3 aromatic rings. The van der Waals surface area contributed by atoms with Gasteiger partial charge in [-0.05, 0) is 138 Å². The fourth-order valence-electron chi connectivity index (χ4n) is 10.4. The zero-order valence-corrected chi connectivity index (χ0v) is 31.7. The maximum atomic E-state index is 4.71. The Hall–Kier alpha value is -1.86. The van der Waals surface area contributed by atoms with Crippen LogP contribution in [0.5, 0.6) is 0 Å². The van der Waals surface area contributed by atoms with Gasteiger partial charge in [0.15, 0.2) is 0 Å². The van der Waals surface area contributed by atoms with E-state index in [9.17, 15) is 0 Å². The Labute approximate surface area is 282 Å². The highest BCUT2D eigenvalue weighted by molar-refractivity contribution is 9.10. The number of fused-ring (bicyclic) bond motifs is 3. The lowest BCUT2D eigenvalue weighted by Crippen LogP contribution is -2.43. The highest BCUT2D eigenvalue weighted by atomic mass is 79.9. The highest BCUT2D eigenvalue weighted by Crippen LogP contribution is 2.66. The first kappa shape index (κ1) is 30.5. The molecule has 0 spiro atoms. The first-order chi connectivity index (χ1) is 20.6. The summed E-state index contributed by atoms with van der Waals surface area (Å²) in [6.45, 7) is 29.8. The lowest BCUT2D eigenvalue weighted by atomic mass is 9.53. The van der Waals surface area contributed by atoms with Gasteiger partial charge in [0, 0.05) is 5.92 Å². The maximum absolute atomic E-state index is 4.71. The Kier molecular flexibility index (Phi) is 5.81. The van der Waals surface area contributed by atoms with Gasteiger partial charge in [-0.2, -0.15) is 0 Å². The number of halogens is 1. The molecule has 0 radical (unpaired) electrons. The van der Waals surface area contributed by atoms with Crippen molar-refractivity contribution in [3.63, 3.8) is 0 Å². The van der Waals surface area contributed by atoms with Crippen LogP contribution in [0, 0.1) is 0 Å². The van der Waals surface area contributed by atoms with Gasteiger partial charge in [0.1, 0.15) is 4.32 Å². The summed E-state index contributed by atoms with van der Waals surface area (Å²) in [6, 6.07) is 16.1. The Morgan fingerprint density at radius 1 is 0.356 bits per heavy atom. The van der Waals surface area contributed by atoms with E-state index in [0.717, 1.165) is 0 Å². The molecule has 0 nitrogen and oxygen atoms in total. The summed E-state index contributed by atoms with van der Waals surface area (Å²) >= 11 is 4.71. The third-order valence-corrected chi connectivity index (χ3v) is 15.4. The molecule has 0 heterocycles. The van der Waals surface area contributed by atoms with Gasteiger partial charge < -0.3 is 0 Å². The van der Waals surface area contributed by atoms with Crippen molar-refractivity contribution in [2.24, 2.45) is 0 Å². The fraction of sp³-hybridized carbons (Fsp3) is 0.591. The van der Waals surface area contributed by atoms with Crippen LogP contribution in [-0.2, 0) is 36.8 Å². The summed E-state index contributed by atoms with van der Waals surface area (Å²) in [7, 11) is 0. The molecule has 6 aliphatic rings. The zero-order chi connectivity index (χ0) is 32.5. The molecule has 45 heavy (non-hydrogen) atoms. The van der Waals surface area contributed by atoms with Crippen molar-refractivity contribution in [2.45, 2.75) is 164 Å². The van der Waals surface area contributed by atoms with E-state index < -0.39 is 0 Å². The standard InChI is InChI=1S/C44H55Br/c1-38(2)13-16-41(7,8)34-22-28-25(19-31(34)38)37-26-20-32-35(42(9,10)17-14-39(32,3)4)23-29(26)44(28,45)30-24-36-33(21-27(30)37)40(5,6)15-18-43(36,11)12/h19-24,37H,13-18H2,1-12H3. The molecule has 0 saturated heterocycles. The summed E-state index contributed by atoms with van der Waals surface area (Å²) in [6.07, 6.45) is 7.46. The van der Waals surface area contributed by atoms with E-state index >= 15 is 0 Å². The van der Waals surface area contributed by atoms with Crippen LogP contribution in [0.3, 0.4) is 0 Å². The Bertz CT molecular complexity index is 1610. The number of hydrogen-bond donors (Lipinski definition) is 0. The van der Waals surface area contributed by atoms with Crippen LogP contribution in [0.15, 0.2) is 36.4 Å². The summed E-state index contributed by atoms with van der Waals surface area (Å²) in [4.78, 5) is 0. The van der Waals surface area contributed by atoms with Crippen molar-refractivity contribution in [1.29, 1.82) is 0 Å². The third kappa shape index (κ3) is 3.83. The zero-order valence-electron chi connectivity index (χ0n) is 30.2. The van der Waals surface area contributed by atoms with E-state index in [2.05, 4.69) is 119 Å². The molecule has 0 saturated carbocycles. The predicted octanol–water partition coefficient (Wildman–Crippen LogP) is 12.2. The molecule has 0 aromatic heterocycles. The lowest BCUT2D eigenvalue weighted by Gasteiger charge is -2.53. The molecule has 238 valence electrons. The maximum Gasteiger partial charge on any atom is 0.101 e. The first-order valence-electron chi connectivity index (χ1n) is 17.9. The molecule has 1 heteroatoms. The quantitative estimate of drug-likeness (QED) is 0.210. The minimum atomic E-state index is -0.353. The highest BCUT2D eigenvalue weighted by Gasteiger charge is 2.55. The fourth-order valence-corrected chi connectivity index (χ4v) is 11.5. The molecule has 0 aliphatic heterocycles. The van der Waals surface area contributed by atoms with Gasteiger partial charge in [-0.1, -0.05) is 135 Å². The number of hydrogen-bond acceptors (Lipinski definition) is 0. The van der Waals surface area contributed by atoms with E-state index in [4.69, 9.17) is 15.9 Å². The molecule has 6 aliphatic carbocycles. The smallest absolute Gasteiger partial charge is 0.0695 e. The van der Waals surface area contributed by atoms with Gasteiger partial charge in [-0.3, -0.25) is 0 Å². The summed E-state index contributed by atoms with van der Waals surface area (Å²) in [5.41, 5.74) is 19.8. The minimum absolute atomic E-state index is 0.176. The molecule has 3 aromatic carbocycles. The van der Waals surface area contributed by atoms with Crippen LogP contribution in [-0.4, -0.2) is 0 Å². The van der Waals surface area contributed by atoms with Gasteiger partial charge in [-0.15, -0.1) is 0 Å². The molecule has 2 bridgehead atoms. The molecule has 9 rings (SSSR count). The van der Waals surface area contributed by atoms with Crippen LogP contribution in [0.25, 0.3) is 0 Å². The third-order valence-electron chi connectivity index (χ3n) is 14.1. The van der Waals surface area contributed by atoms with Crippen LogP contribution in [0.4, 0.5) is 0 Å². The minimum Gasteiger partial charge on any atom is -0.0695 e. The molecule has 0 unspecified atom stereocenters. The van der Waals surface area contributed by atoms with Crippen LogP contribution in [0.2, 0.25) is 0 Å². The van der Waals surface area contributed by atoms with Crippen LogP contribution in [0.1, 0.15) is 194 Å². The van der Waals surface area contributed by atoms with E-state index in [1.165, 1.54) is 55.2 Å². The normalized spacial score (nSPS) is 29.4. The van der Waals surface area contributed by atoms with Gasteiger partial charge in [-0.25, -0.2) is 0 Å². The van der Waals surface area contributed by atoms with E-state index in [1.54, 1.807) is 50.1 Å². The van der Waals surface area contributed by atoms with Crippen molar-refractivity contribution < 1.29 is 0 Å². The average Bonchev–Trinajstić information content (AvgIpc) is 2.95. The Morgan fingerprint density at radius 3 is 0.778 bits per heavy atom. The van der Waals surface area contributed by atoms with Crippen LogP contribution < -0.4 is 0 Å². The topological polar surface area (TPSA) is 0 Å². The van der Waals surface area contributed by atoms with Crippen molar-refractivity contribution in [1.82, 2.24) is 0 Å². The van der Waals surface area contributed by atoms with E-state index in [-0.39, 0.29) is 42.7 Å². The largest absolute Gasteiger partial charge is 0.101 e. The molecular weight excluding hydrogens is 608 g/mol. The van der Waals surface area contributed by atoms with Gasteiger partial charge in [0.05, 0.1) is 0 Å². The van der Waals surface area contributed by atoms with Crippen molar-refractivity contribution >= 4 is 15.9 Å². The number of benzene rings is 3. The van der Waals surface area contributed by atoms with E-state index in [1.807, 2.05) is 0 Å². The summed E-state index contributed by atoms with van der Waals surface area (Å²) in [5.74, 6) is 0.271. The van der Waals surface area contributed by atoms with Crippen molar-refractivity contribution in [2.75, 3.05) is 0 Å². The monoisotopic (exact) mass is 662 g/mol. The second-order valence-electron chi connectivity index (χ2n) is 19.8. The Balaban J connectivity index is 1.51. The molecule has 0 atom stereocenters. The van der Waals surface area contributed by atoms with E-state index in [0.29, 0.717) is 0 Å². The molecule has 0 N–H and O–H groups in total. The number of rotatable bonds is 0.